The molecule has 92 valence electrons. The van der Waals surface area contributed by atoms with E-state index in [1.807, 2.05) is 12.1 Å². The van der Waals surface area contributed by atoms with Crippen molar-refractivity contribution in [3.63, 3.8) is 0 Å². The highest BCUT2D eigenvalue weighted by Crippen LogP contribution is 2.18. The van der Waals surface area contributed by atoms with Crippen molar-refractivity contribution in [1.82, 2.24) is 9.78 Å². The third kappa shape index (κ3) is 2.33. The van der Waals surface area contributed by atoms with E-state index in [0.717, 1.165) is 18.4 Å². The number of aryl methyl sites for hydroxylation is 1. The summed E-state index contributed by atoms with van der Waals surface area (Å²) in [6.45, 7) is 0.634. The van der Waals surface area contributed by atoms with Gasteiger partial charge in [0.15, 0.2) is 5.69 Å². The van der Waals surface area contributed by atoms with E-state index in [2.05, 4.69) is 11.2 Å². The van der Waals surface area contributed by atoms with Crippen molar-refractivity contribution in [3.05, 3.63) is 30.0 Å². The number of rotatable bonds is 5. The Balaban J connectivity index is 2.28. The molecule has 0 fully saturated rings. The number of aromatic nitrogens is 2. The third-order valence-electron chi connectivity index (χ3n) is 2.77. The van der Waals surface area contributed by atoms with Crippen molar-refractivity contribution in [1.29, 1.82) is 5.26 Å². The highest BCUT2D eigenvalue weighted by Gasteiger charge is 2.15. The minimum absolute atomic E-state index is 0.0888. The SMILES string of the molecule is N#CCCCCn1nc(C(=O)O)c2ccccc21. The molecular formula is C13H13N3O2. The quantitative estimate of drug-likeness (QED) is 0.818. The van der Waals surface area contributed by atoms with Crippen molar-refractivity contribution in [2.45, 2.75) is 25.8 Å². The number of aromatic carboxylic acids is 1. The van der Waals surface area contributed by atoms with Crippen LogP contribution in [0.3, 0.4) is 0 Å². The summed E-state index contributed by atoms with van der Waals surface area (Å²) in [6, 6.07) is 9.38. The van der Waals surface area contributed by atoms with Crippen LogP contribution in [-0.4, -0.2) is 20.9 Å². The number of hydrogen-bond acceptors (Lipinski definition) is 3. The molecule has 0 saturated heterocycles. The molecule has 0 aliphatic carbocycles. The largest absolute Gasteiger partial charge is 0.476 e. The lowest BCUT2D eigenvalue weighted by Crippen LogP contribution is -2.03. The van der Waals surface area contributed by atoms with Crippen LogP contribution in [0.2, 0.25) is 0 Å². The molecule has 0 unspecified atom stereocenters. The Bertz CT molecular complexity index is 610. The van der Waals surface area contributed by atoms with Gasteiger partial charge in [-0.3, -0.25) is 4.68 Å². The molecule has 0 atom stereocenters. The van der Waals surface area contributed by atoms with Gasteiger partial charge in [0.2, 0.25) is 0 Å². The summed E-state index contributed by atoms with van der Waals surface area (Å²) >= 11 is 0. The molecule has 18 heavy (non-hydrogen) atoms. The number of carboxylic acids is 1. The molecule has 5 heteroatoms. The first-order valence-corrected chi connectivity index (χ1v) is 5.80. The van der Waals surface area contributed by atoms with Gasteiger partial charge in [0.25, 0.3) is 0 Å². The number of unbranched alkanes of at least 4 members (excludes halogenated alkanes) is 2. The molecule has 0 spiro atoms. The molecule has 1 N–H and O–H groups in total. The maximum atomic E-state index is 11.1. The molecule has 0 aliphatic heterocycles. The summed E-state index contributed by atoms with van der Waals surface area (Å²) in [5, 5.41) is 22.3. The van der Waals surface area contributed by atoms with Gasteiger partial charge >= 0.3 is 5.97 Å². The lowest BCUT2D eigenvalue weighted by Gasteiger charge is -2.01. The Morgan fingerprint density at radius 2 is 2.17 bits per heavy atom. The minimum Gasteiger partial charge on any atom is -0.476 e. The summed E-state index contributed by atoms with van der Waals surface area (Å²) in [6.07, 6.45) is 2.14. The highest BCUT2D eigenvalue weighted by atomic mass is 16.4. The normalized spacial score (nSPS) is 10.4. The van der Waals surface area contributed by atoms with Crippen LogP contribution in [0.5, 0.6) is 0 Å². The van der Waals surface area contributed by atoms with E-state index in [1.165, 1.54) is 0 Å². The third-order valence-corrected chi connectivity index (χ3v) is 2.77. The van der Waals surface area contributed by atoms with Gasteiger partial charge in [0.1, 0.15) is 0 Å². The predicted octanol–water partition coefficient (Wildman–Crippen LogP) is 2.43. The average Bonchev–Trinajstić information content (AvgIpc) is 2.74. The van der Waals surface area contributed by atoms with Gasteiger partial charge in [-0.2, -0.15) is 10.4 Å². The van der Waals surface area contributed by atoms with Crippen LogP contribution in [0.25, 0.3) is 10.9 Å². The molecule has 0 bridgehead atoms. The van der Waals surface area contributed by atoms with E-state index in [-0.39, 0.29) is 5.69 Å². The number of benzene rings is 1. The average molecular weight is 243 g/mol. The highest BCUT2D eigenvalue weighted by molar-refractivity contribution is 6.01. The van der Waals surface area contributed by atoms with Crippen LogP contribution in [0, 0.1) is 11.3 Å². The first-order valence-electron chi connectivity index (χ1n) is 5.80. The lowest BCUT2D eigenvalue weighted by molar-refractivity contribution is 0.0691. The molecule has 1 aromatic heterocycles. The number of nitriles is 1. The van der Waals surface area contributed by atoms with Gasteiger partial charge in [-0.15, -0.1) is 0 Å². The van der Waals surface area contributed by atoms with E-state index < -0.39 is 5.97 Å². The van der Waals surface area contributed by atoms with Crippen molar-refractivity contribution in [2.75, 3.05) is 0 Å². The zero-order chi connectivity index (χ0) is 13.0. The fourth-order valence-electron chi connectivity index (χ4n) is 1.92. The molecule has 1 aromatic carbocycles. The molecule has 1 heterocycles. The van der Waals surface area contributed by atoms with E-state index in [1.54, 1.807) is 16.8 Å². The number of hydrogen-bond donors (Lipinski definition) is 1. The Hall–Kier alpha value is -2.35. The maximum Gasteiger partial charge on any atom is 0.357 e. The van der Waals surface area contributed by atoms with Crippen LogP contribution in [-0.2, 0) is 6.54 Å². The number of nitrogens with zero attached hydrogens (tertiary/aromatic N) is 3. The monoisotopic (exact) mass is 243 g/mol. The van der Waals surface area contributed by atoms with E-state index in [0.29, 0.717) is 18.4 Å². The number of carboxylic acid groups (broad SMARTS) is 1. The van der Waals surface area contributed by atoms with Crippen molar-refractivity contribution in [2.24, 2.45) is 0 Å². The number of fused-ring (bicyclic) bond motifs is 1. The van der Waals surface area contributed by atoms with Crippen molar-refractivity contribution in [3.8, 4) is 6.07 Å². The summed E-state index contributed by atoms with van der Waals surface area (Å²) in [7, 11) is 0. The molecule has 5 nitrogen and oxygen atoms in total. The smallest absolute Gasteiger partial charge is 0.357 e. The van der Waals surface area contributed by atoms with Crippen LogP contribution in [0.1, 0.15) is 29.8 Å². The van der Waals surface area contributed by atoms with Gasteiger partial charge in [0, 0.05) is 18.4 Å². The van der Waals surface area contributed by atoms with Crippen LogP contribution < -0.4 is 0 Å². The van der Waals surface area contributed by atoms with Gasteiger partial charge < -0.3 is 5.11 Å². The van der Waals surface area contributed by atoms with Gasteiger partial charge in [-0.05, 0) is 18.9 Å². The molecular weight excluding hydrogens is 230 g/mol. The van der Waals surface area contributed by atoms with E-state index in [4.69, 9.17) is 10.4 Å². The Morgan fingerprint density at radius 3 is 2.89 bits per heavy atom. The Morgan fingerprint density at radius 1 is 1.39 bits per heavy atom. The zero-order valence-electron chi connectivity index (χ0n) is 9.83. The van der Waals surface area contributed by atoms with E-state index in [9.17, 15) is 4.79 Å². The fraction of sp³-hybridized carbons (Fsp3) is 0.308. The topological polar surface area (TPSA) is 78.9 Å². The van der Waals surface area contributed by atoms with Crippen molar-refractivity contribution >= 4 is 16.9 Å². The second-order valence-electron chi connectivity index (χ2n) is 4.01. The second kappa shape index (κ2) is 5.32. The fourth-order valence-corrected chi connectivity index (χ4v) is 1.92. The minimum atomic E-state index is -1.01. The predicted molar refractivity (Wildman–Crippen MR) is 66.2 cm³/mol. The molecule has 0 radical (unpaired) electrons. The standard InChI is InChI=1S/C13H13N3O2/c14-8-4-1-5-9-16-11-7-3-2-6-10(11)12(15-16)13(17)18/h2-3,6-7H,1,4-5,9H2,(H,17,18). The van der Waals surface area contributed by atoms with Crippen LogP contribution in [0.15, 0.2) is 24.3 Å². The zero-order valence-corrected chi connectivity index (χ0v) is 9.83. The first kappa shape index (κ1) is 12.1. The summed E-state index contributed by atoms with van der Waals surface area (Å²) in [4.78, 5) is 11.1. The first-order chi connectivity index (χ1) is 8.74. The molecule has 0 aliphatic rings. The maximum absolute atomic E-state index is 11.1. The Kier molecular flexibility index (Phi) is 3.58. The summed E-state index contributed by atoms with van der Waals surface area (Å²) in [5.74, 6) is -1.01. The molecule has 2 rings (SSSR count). The summed E-state index contributed by atoms with van der Waals surface area (Å²) in [5.41, 5.74) is 0.915. The number of para-hydroxylation sites is 1. The van der Waals surface area contributed by atoms with Crippen LogP contribution >= 0.6 is 0 Å². The van der Waals surface area contributed by atoms with Crippen LogP contribution in [0.4, 0.5) is 0 Å². The molecule has 2 aromatic rings. The summed E-state index contributed by atoms with van der Waals surface area (Å²) < 4.78 is 1.70. The Labute approximate surface area is 104 Å². The van der Waals surface area contributed by atoms with Gasteiger partial charge in [0.05, 0.1) is 11.6 Å². The van der Waals surface area contributed by atoms with Crippen molar-refractivity contribution < 1.29 is 9.90 Å². The lowest BCUT2D eigenvalue weighted by atomic mass is 10.2. The molecule has 0 amide bonds. The van der Waals surface area contributed by atoms with Gasteiger partial charge in [-0.25, -0.2) is 4.79 Å². The number of carbonyl (C=O) groups is 1. The van der Waals surface area contributed by atoms with E-state index >= 15 is 0 Å². The van der Waals surface area contributed by atoms with Gasteiger partial charge in [-0.1, -0.05) is 18.2 Å². The second-order valence-corrected chi connectivity index (χ2v) is 4.01. The molecule has 0 saturated carbocycles.